The van der Waals surface area contributed by atoms with Gasteiger partial charge in [0.15, 0.2) is 0 Å². The van der Waals surface area contributed by atoms with Crippen molar-refractivity contribution in [2.24, 2.45) is 34.0 Å². The van der Waals surface area contributed by atoms with Gasteiger partial charge in [-0.05, 0) is 87.5 Å². The molecule has 0 bridgehead atoms. The second-order valence-corrected chi connectivity index (χ2v) is 11.0. The van der Waals surface area contributed by atoms with Gasteiger partial charge in [0.2, 0.25) is 0 Å². The van der Waals surface area contributed by atoms with Crippen molar-refractivity contribution < 1.29 is 9.90 Å². The predicted molar refractivity (Wildman–Crippen MR) is 107 cm³/mol. The molecule has 5 rings (SSSR count). The lowest BCUT2D eigenvalue weighted by atomic mass is 9.42. The van der Waals surface area contributed by atoms with Gasteiger partial charge in [0, 0.05) is 23.8 Å². The van der Waals surface area contributed by atoms with Crippen LogP contribution < -0.4 is 5.32 Å². The third-order valence-electron chi connectivity index (χ3n) is 10.6. The van der Waals surface area contributed by atoms with Crippen LogP contribution in [0.4, 0.5) is 0 Å². The summed E-state index contributed by atoms with van der Waals surface area (Å²) in [6.07, 6.45) is 10.5. The Morgan fingerprint density at radius 1 is 1.19 bits per heavy atom. The maximum atomic E-state index is 12.9. The first-order valence-electron chi connectivity index (χ1n) is 11.4. The number of fused-ring (bicyclic) bond motifs is 2. The molecule has 0 saturated heterocycles. The summed E-state index contributed by atoms with van der Waals surface area (Å²) in [5, 5.41) is 15.3. The number of carbonyl (C=O) groups is 1. The maximum absolute atomic E-state index is 12.9. The van der Waals surface area contributed by atoms with Crippen LogP contribution in [0.25, 0.3) is 0 Å². The van der Waals surface area contributed by atoms with E-state index in [9.17, 15) is 9.90 Å². The van der Waals surface area contributed by atoms with Gasteiger partial charge in [0.1, 0.15) is 5.78 Å². The van der Waals surface area contributed by atoms with Crippen LogP contribution in [0, 0.1) is 34.0 Å². The molecule has 2 spiro atoms. The van der Waals surface area contributed by atoms with E-state index < -0.39 is 5.60 Å². The first-order chi connectivity index (χ1) is 12.8. The summed E-state index contributed by atoms with van der Waals surface area (Å²) in [6, 6.07) is 0.479. The van der Waals surface area contributed by atoms with Crippen molar-refractivity contribution in [3.05, 3.63) is 12.2 Å². The van der Waals surface area contributed by atoms with E-state index in [0.29, 0.717) is 47.3 Å². The molecule has 0 aromatic rings. The van der Waals surface area contributed by atoms with Gasteiger partial charge in [0.25, 0.3) is 0 Å². The van der Waals surface area contributed by atoms with Gasteiger partial charge < -0.3 is 10.4 Å². The van der Waals surface area contributed by atoms with E-state index in [2.05, 4.69) is 32.8 Å². The molecule has 0 radical (unpaired) electrons. The molecule has 0 unspecified atom stereocenters. The number of ketones is 1. The number of aliphatic hydroxyl groups is 1. The molecule has 5 aliphatic carbocycles. The van der Waals surface area contributed by atoms with Gasteiger partial charge >= 0.3 is 0 Å². The van der Waals surface area contributed by atoms with Crippen LogP contribution in [0.15, 0.2) is 12.2 Å². The third kappa shape index (κ3) is 1.99. The van der Waals surface area contributed by atoms with Crippen LogP contribution in [-0.2, 0) is 4.79 Å². The second kappa shape index (κ2) is 5.48. The Morgan fingerprint density at radius 2 is 1.96 bits per heavy atom. The number of Topliss-reactive ketones (excluding diaryl/α,β-unsaturated/α-hetero) is 1. The summed E-state index contributed by atoms with van der Waals surface area (Å²) >= 11 is 0. The molecule has 150 valence electrons. The average Bonchev–Trinajstić information content (AvgIpc) is 3.30. The zero-order valence-corrected chi connectivity index (χ0v) is 17.4. The van der Waals surface area contributed by atoms with Gasteiger partial charge in [0.05, 0.1) is 5.60 Å². The van der Waals surface area contributed by atoms with Gasteiger partial charge in [-0.3, -0.25) is 4.79 Å². The molecular weight excluding hydrogens is 334 g/mol. The van der Waals surface area contributed by atoms with Crippen molar-refractivity contribution in [3.63, 3.8) is 0 Å². The third-order valence-corrected chi connectivity index (χ3v) is 10.6. The Labute approximate surface area is 164 Å². The minimum atomic E-state index is -0.632. The summed E-state index contributed by atoms with van der Waals surface area (Å²) in [4.78, 5) is 12.9. The number of hydrogen-bond donors (Lipinski definition) is 2. The van der Waals surface area contributed by atoms with Crippen LogP contribution in [-0.4, -0.2) is 29.6 Å². The Morgan fingerprint density at radius 3 is 2.67 bits per heavy atom. The van der Waals surface area contributed by atoms with Crippen molar-refractivity contribution in [2.45, 2.75) is 89.7 Å². The monoisotopic (exact) mass is 371 g/mol. The summed E-state index contributed by atoms with van der Waals surface area (Å²) in [6.45, 7) is 8.92. The molecule has 0 aliphatic heterocycles. The van der Waals surface area contributed by atoms with Crippen molar-refractivity contribution in [1.29, 1.82) is 0 Å². The number of likely N-dealkylation sites (N-methyl/N-ethyl adjacent to an activating group) is 1. The number of hydrogen-bond acceptors (Lipinski definition) is 3. The van der Waals surface area contributed by atoms with E-state index in [-0.39, 0.29) is 11.3 Å². The van der Waals surface area contributed by atoms with Crippen molar-refractivity contribution in [3.8, 4) is 0 Å². The lowest BCUT2D eigenvalue weighted by Crippen LogP contribution is -2.64. The number of rotatable bonds is 2. The SMILES string of the molecule is C=C1[C@@H](NC)CC[C@@]23C[C@]24CC[C@]2(O)C[C@H](CC)C(=O)C[C@@]2(C)[C@@H]4CC[C@@H]13. The first kappa shape index (κ1) is 18.4. The maximum Gasteiger partial charge on any atom is 0.136 e. The van der Waals surface area contributed by atoms with Crippen LogP contribution in [0.2, 0.25) is 0 Å². The fourth-order valence-corrected chi connectivity index (χ4v) is 9.06. The molecule has 5 aliphatic rings. The largest absolute Gasteiger partial charge is 0.389 e. The topological polar surface area (TPSA) is 49.3 Å². The summed E-state index contributed by atoms with van der Waals surface area (Å²) in [5.74, 6) is 1.66. The molecule has 8 atom stereocenters. The smallest absolute Gasteiger partial charge is 0.136 e. The molecule has 27 heavy (non-hydrogen) atoms. The van der Waals surface area contributed by atoms with Crippen LogP contribution in [0.3, 0.4) is 0 Å². The Hall–Kier alpha value is -0.670. The number of nitrogens with one attached hydrogen (secondary N) is 1. The first-order valence-corrected chi connectivity index (χ1v) is 11.4. The van der Waals surface area contributed by atoms with E-state index in [1.165, 1.54) is 44.1 Å². The molecule has 2 N–H and O–H groups in total. The predicted octanol–water partition coefficient (Wildman–Crippen LogP) is 4.25. The summed E-state index contributed by atoms with van der Waals surface area (Å²) in [7, 11) is 2.07. The van der Waals surface area contributed by atoms with E-state index in [4.69, 9.17) is 0 Å². The molecule has 5 saturated carbocycles. The minimum Gasteiger partial charge on any atom is -0.389 e. The highest BCUT2D eigenvalue weighted by Gasteiger charge is 2.80. The lowest BCUT2D eigenvalue weighted by molar-refractivity contribution is -0.208. The minimum absolute atomic E-state index is 0.0764. The average molecular weight is 372 g/mol. The number of carbonyl (C=O) groups excluding carboxylic acids is 1. The molecule has 5 fully saturated rings. The van der Waals surface area contributed by atoms with E-state index in [0.717, 1.165) is 12.8 Å². The Balaban J connectivity index is 1.50. The van der Waals surface area contributed by atoms with Gasteiger partial charge in [-0.15, -0.1) is 0 Å². The normalized spacial score (nSPS) is 56.6. The highest BCUT2D eigenvalue weighted by molar-refractivity contribution is 5.83. The second-order valence-electron chi connectivity index (χ2n) is 11.0. The fraction of sp³-hybridized carbons (Fsp3) is 0.875. The summed E-state index contributed by atoms with van der Waals surface area (Å²) in [5.41, 5.74) is 1.39. The highest BCUT2D eigenvalue weighted by Crippen LogP contribution is 2.86. The Bertz CT molecular complexity index is 702. The van der Waals surface area contributed by atoms with Crippen LogP contribution in [0.5, 0.6) is 0 Å². The fourth-order valence-electron chi connectivity index (χ4n) is 9.06. The van der Waals surface area contributed by atoms with E-state index in [1.54, 1.807) is 0 Å². The molecule has 0 aromatic heterocycles. The summed E-state index contributed by atoms with van der Waals surface area (Å²) < 4.78 is 0. The van der Waals surface area contributed by atoms with E-state index in [1.807, 2.05) is 0 Å². The van der Waals surface area contributed by atoms with E-state index >= 15 is 0 Å². The molecular formula is C24H37NO2. The van der Waals surface area contributed by atoms with Crippen molar-refractivity contribution >= 4 is 5.78 Å². The molecule has 0 aromatic carbocycles. The Kier molecular flexibility index (Phi) is 3.72. The molecule has 0 amide bonds. The van der Waals surface area contributed by atoms with Gasteiger partial charge in [-0.1, -0.05) is 26.0 Å². The molecule has 0 heterocycles. The van der Waals surface area contributed by atoms with Crippen LogP contribution in [0.1, 0.15) is 78.1 Å². The van der Waals surface area contributed by atoms with Gasteiger partial charge in [-0.2, -0.15) is 0 Å². The molecule has 3 nitrogen and oxygen atoms in total. The van der Waals surface area contributed by atoms with Crippen molar-refractivity contribution in [1.82, 2.24) is 5.32 Å². The van der Waals surface area contributed by atoms with Gasteiger partial charge in [-0.25, -0.2) is 0 Å². The quantitative estimate of drug-likeness (QED) is 0.714. The highest BCUT2D eigenvalue weighted by atomic mass is 16.3. The molecule has 3 heteroatoms. The lowest BCUT2D eigenvalue weighted by Gasteiger charge is -2.63. The van der Waals surface area contributed by atoms with Crippen LogP contribution >= 0.6 is 0 Å². The zero-order valence-electron chi connectivity index (χ0n) is 17.4. The van der Waals surface area contributed by atoms with Crippen molar-refractivity contribution in [2.75, 3.05) is 7.05 Å². The zero-order chi connectivity index (χ0) is 19.2. The standard InChI is InChI=1S/C24H37NO2/c1-5-16-12-24(27)11-10-23-14-22(23)9-8-18(25-4)15(2)17(22)6-7-20(23)21(24,3)13-19(16)26/h16-18,20,25,27H,2,5-14H2,1,3-4H3/t16-,17-,18-,20-,21-,22-,23-,24-/m0/s1.